The number of piperidine rings is 1. The lowest BCUT2D eigenvalue weighted by Crippen LogP contribution is -2.46. The highest BCUT2D eigenvalue weighted by Crippen LogP contribution is 2.25. The van der Waals surface area contributed by atoms with Gasteiger partial charge in [0, 0.05) is 32.6 Å². The van der Waals surface area contributed by atoms with E-state index in [1.807, 2.05) is 23.1 Å². The molecule has 0 radical (unpaired) electrons. The number of fused-ring (bicyclic) bond motifs is 1. The van der Waals surface area contributed by atoms with Crippen LogP contribution in [0.15, 0.2) is 29.4 Å². The van der Waals surface area contributed by atoms with Crippen LogP contribution in [0, 0.1) is 5.92 Å². The molecule has 2 heterocycles. The fraction of sp³-hybridized carbons (Fsp3) is 0.571. The first-order chi connectivity index (χ1) is 13.4. The second kappa shape index (κ2) is 9.45. The number of likely N-dealkylation sites (tertiary alicyclic amines) is 1. The summed E-state index contributed by atoms with van der Waals surface area (Å²) >= 11 is 1.50. The number of hydrogen-bond donors (Lipinski definition) is 1. The van der Waals surface area contributed by atoms with Crippen molar-refractivity contribution in [1.29, 1.82) is 0 Å². The molecule has 1 aliphatic rings. The van der Waals surface area contributed by atoms with Gasteiger partial charge in [-0.1, -0.05) is 37.7 Å². The average Bonchev–Trinajstić information content (AvgIpc) is 3.02. The van der Waals surface area contributed by atoms with E-state index in [-0.39, 0.29) is 17.9 Å². The highest BCUT2D eigenvalue weighted by molar-refractivity contribution is 7.99. The predicted octanol–water partition coefficient (Wildman–Crippen LogP) is 3.30. The number of para-hydroxylation sites is 2. The average molecular weight is 403 g/mol. The van der Waals surface area contributed by atoms with Crippen molar-refractivity contribution >= 4 is 34.6 Å². The van der Waals surface area contributed by atoms with E-state index in [0.29, 0.717) is 11.7 Å². The number of imidazole rings is 1. The van der Waals surface area contributed by atoms with Gasteiger partial charge in [0.2, 0.25) is 11.8 Å². The standard InChI is InChI=1S/C21H30N4O2S/c1-15(2)8-13-25-19-7-5-4-6-18(19)23-21(25)28-14-20(27)22-17-9-11-24(12-10-17)16(3)26/h4-7,15,17H,8-14H2,1-3H3,(H,22,27). The SMILES string of the molecule is CC(=O)N1CCC(NC(=O)CSc2nc3ccccc3n2CCC(C)C)CC1. The molecule has 1 aromatic carbocycles. The molecule has 0 saturated carbocycles. The highest BCUT2D eigenvalue weighted by Gasteiger charge is 2.22. The third-order valence-corrected chi connectivity index (χ3v) is 6.16. The Morgan fingerprint density at radius 1 is 1.25 bits per heavy atom. The van der Waals surface area contributed by atoms with E-state index in [1.54, 1.807) is 6.92 Å². The number of benzene rings is 1. The summed E-state index contributed by atoms with van der Waals surface area (Å²) in [6.07, 6.45) is 2.72. The van der Waals surface area contributed by atoms with Gasteiger partial charge in [-0.15, -0.1) is 0 Å². The Balaban J connectivity index is 1.58. The van der Waals surface area contributed by atoms with Crippen LogP contribution in [0.1, 0.15) is 40.0 Å². The lowest BCUT2D eigenvalue weighted by atomic mass is 10.1. The number of amides is 2. The number of rotatable bonds is 7. The zero-order chi connectivity index (χ0) is 20.1. The number of carbonyl (C=O) groups excluding carboxylic acids is 2. The number of aryl methyl sites for hydroxylation is 1. The Kier molecular flexibility index (Phi) is 6.99. The van der Waals surface area contributed by atoms with Crippen LogP contribution in [0.25, 0.3) is 11.0 Å². The topological polar surface area (TPSA) is 67.2 Å². The summed E-state index contributed by atoms with van der Waals surface area (Å²) in [6.45, 7) is 8.39. The smallest absolute Gasteiger partial charge is 0.230 e. The van der Waals surface area contributed by atoms with E-state index < -0.39 is 0 Å². The molecule has 0 bridgehead atoms. The number of nitrogens with one attached hydrogen (secondary N) is 1. The largest absolute Gasteiger partial charge is 0.353 e. The number of hydrogen-bond acceptors (Lipinski definition) is 4. The third-order valence-electron chi connectivity index (χ3n) is 5.19. The van der Waals surface area contributed by atoms with Gasteiger partial charge in [0.25, 0.3) is 0 Å². The van der Waals surface area contributed by atoms with Crippen molar-refractivity contribution in [2.24, 2.45) is 5.92 Å². The first-order valence-electron chi connectivity index (χ1n) is 10.1. The van der Waals surface area contributed by atoms with Crippen molar-refractivity contribution < 1.29 is 9.59 Å². The Hall–Kier alpha value is -2.02. The van der Waals surface area contributed by atoms with Gasteiger partial charge in [0.15, 0.2) is 5.16 Å². The Bertz CT molecular complexity index is 825. The Morgan fingerprint density at radius 3 is 2.64 bits per heavy atom. The van der Waals surface area contributed by atoms with Gasteiger partial charge >= 0.3 is 0 Å². The molecule has 152 valence electrons. The lowest BCUT2D eigenvalue weighted by Gasteiger charge is -2.31. The van der Waals surface area contributed by atoms with Gasteiger partial charge in [-0.25, -0.2) is 4.98 Å². The summed E-state index contributed by atoms with van der Waals surface area (Å²) in [5.74, 6) is 1.12. The fourth-order valence-corrected chi connectivity index (χ4v) is 4.36. The van der Waals surface area contributed by atoms with Crippen LogP contribution < -0.4 is 5.32 Å². The summed E-state index contributed by atoms with van der Waals surface area (Å²) in [6, 6.07) is 8.30. The van der Waals surface area contributed by atoms with Crippen LogP contribution in [-0.2, 0) is 16.1 Å². The van der Waals surface area contributed by atoms with Crippen LogP contribution in [0.3, 0.4) is 0 Å². The Labute approximate surface area is 171 Å². The lowest BCUT2D eigenvalue weighted by molar-refractivity contribution is -0.130. The van der Waals surface area contributed by atoms with E-state index in [9.17, 15) is 9.59 Å². The zero-order valence-corrected chi connectivity index (χ0v) is 17.8. The fourth-order valence-electron chi connectivity index (χ4n) is 3.51. The van der Waals surface area contributed by atoms with Gasteiger partial charge in [-0.05, 0) is 37.3 Å². The van der Waals surface area contributed by atoms with Crippen molar-refractivity contribution in [3.05, 3.63) is 24.3 Å². The molecular formula is C21H30N4O2S. The quantitative estimate of drug-likeness (QED) is 0.722. The monoisotopic (exact) mass is 402 g/mol. The molecule has 2 amide bonds. The minimum absolute atomic E-state index is 0.0359. The molecule has 7 heteroatoms. The highest BCUT2D eigenvalue weighted by atomic mass is 32.2. The summed E-state index contributed by atoms with van der Waals surface area (Å²) < 4.78 is 2.23. The maximum Gasteiger partial charge on any atom is 0.230 e. The van der Waals surface area contributed by atoms with Gasteiger partial charge < -0.3 is 14.8 Å². The number of carbonyl (C=O) groups is 2. The van der Waals surface area contributed by atoms with E-state index >= 15 is 0 Å². The predicted molar refractivity (Wildman–Crippen MR) is 113 cm³/mol. The van der Waals surface area contributed by atoms with E-state index in [0.717, 1.165) is 55.1 Å². The van der Waals surface area contributed by atoms with Crippen molar-refractivity contribution in [3.8, 4) is 0 Å². The molecule has 0 spiro atoms. The summed E-state index contributed by atoms with van der Waals surface area (Å²) in [5, 5.41) is 4.02. The summed E-state index contributed by atoms with van der Waals surface area (Å²) in [5.41, 5.74) is 2.11. The molecule has 0 unspecified atom stereocenters. The maximum atomic E-state index is 12.4. The molecule has 28 heavy (non-hydrogen) atoms. The molecular weight excluding hydrogens is 372 g/mol. The van der Waals surface area contributed by atoms with Gasteiger partial charge in [-0.2, -0.15) is 0 Å². The molecule has 0 atom stereocenters. The molecule has 1 fully saturated rings. The van der Waals surface area contributed by atoms with Crippen LogP contribution >= 0.6 is 11.8 Å². The second-order valence-electron chi connectivity index (χ2n) is 7.85. The van der Waals surface area contributed by atoms with Crippen LogP contribution in [0.2, 0.25) is 0 Å². The number of aromatic nitrogens is 2. The van der Waals surface area contributed by atoms with E-state index in [4.69, 9.17) is 4.98 Å². The van der Waals surface area contributed by atoms with Gasteiger partial charge in [-0.3, -0.25) is 9.59 Å². The van der Waals surface area contributed by atoms with Crippen LogP contribution in [0.5, 0.6) is 0 Å². The van der Waals surface area contributed by atoms with E-state index in [2.05, 4.69) is 29.8 Å². The van der Waals surface area contributed by atoms with Crippen molar-refractivity contribution in [2.45, 2.75) is 57.8 Å². The summed E-state index contributed by atoms with van der Waals surface area (Å²) in [4.78, 5) is 30.4. The van der Waals surface area contributed by atoms with E-state index in [1.165, 1.54) is 11.8 Å². The number of thioether (sulfide) groups is 1. The molecule has 1 saturated heterocycles. The van der Waals surface area contributed by atoms with Crippen molar-refractivity contribution in [2.75, 3.05) is 18.8 Å². The normalized spacial score (nSPS) is 15.4. The minimum Gasteiger partial charge on any atom is -0.353 e. The molecule has 1 aliphatic heterocycles. The molecule has 6 nitrogen and oxygen atoms in total. The molecule has 0 aliphatic carbocycles. The van der Waals surface area contributed by atoms with Crippen LogP contribution in [0.4, 0.5) is 0 Å². The van der Waals surface area contributed by atoms with Gasteiger partial charge in [0.1, 0.15) is 0 Å². The molecule has 3 rings (SSSR count). The van der Waals surface area contributed by atoms with Crippen molar-refractivity contribution in [1.82, 2.24) is 19.8 Å². The molecule has 2 aromatic rings. The number of nitrogens with zero attached hydrogens (tertiary/aromatic N) is 3. The van der Waals surface area contributed by atoms with Gasteiger partial charge in [0.05, 0.1) is 16.8 Å². The first kappa shape index (κ1) is 20.7. The third kappa shape index (κ3) is 5.28. The van der Waals surface area contributed by atoms with Crippen LogP contribution in [-0.4, -0.2) is 51.1 Å². The Morgan fingerprint density at radius 2 is 1.96 bits per heavy atom. The maximum absolute atomic E-state index is 12.4. The van der Waals surface area contributed by atoms with Crippen molar-refractivity contribution in [3.63, 3.8) is 0 Å². The zero-order valence-electron chi connectivity index (χ0n) is 17.0. The second-order valence-corrected chi connectivity index (χ2v) is 8.80. The summed E-state index contributed by atoms with van der Waals surface area (Å²) in [7, 11) is 0. The minimum atomic E-state index is 0.0359. The molecule has 1 aromatic heterocycles. The first-order valence-corrected chi connectivity index (χ1v) is 11.1. The molecule has 1 N–H and O–H groups in total.